The quantitative estimate of drug-likeness (QED) is 0.917. The molecule has 0 saturated carbocycles. The van der Waals surface area contributed by atoms with Gasteiger partial charge in [0.15, 0.2) is 5.82 Å². The Bertz CT molecular complexity index is 779. The molecule has 1 unspecified atom stereocenters. The molecule has 0 spiro atoms. The van der Waals surface area contributed by atoms with Crippen LogP contribution in [-0.4, -0.2) is 37.0 Å². The summed E-state index contributed by atoms with van der Waals surface area (Å²) < 4.78 is 20.1. The summed E-state index contributed by atoms with van der Waals surface area (Å²) in [6.45, 7) is 1.75. The standard InChI is InChI=1S/C17H19ClFN3O2/c1-9(20)11-8-12(18)15(19)14(16(11)24-4)10-5-6-21-13(7-10)17(23)22(2)3/h5-9H,20H2,1-4H3. The maximum absolute atomic E-state index is 14.7. The largest absolute Gasteiger partial charge is 0.496 e. The molecule has 24 heavy (non-hydrogen) atoms. The number of nitrogens with zero attached hydrogens (tertiary/aromatic N) is 2. The molecule has 0 saturated heterocycles. The molecule has 0 radical (unpaired) electrons. The van der Waals surface area contributed by atoms with Crippen molar-refractivity contribution in [1.29, 1.82) is 0 Å². The van der Waals surface area contributed by atoms with E-state index in [0.29, 0.717) is 16.9 Å². The predicted octanol–water partition coefficient (Wildman–Crippen LogP) is 3.27. The van der Waals surface area contributed by atoms with E-state index in [2.05, 4.69) is 4.98 Å². The number of halogens is 2. The molecule has 1 heterocycles. The van der Waals surface area contributed by atoms with Crippen LogP contribution in [0.1, 0.15) is 29.0 Å². The Kier molecular flexibility index (Phi) is 5.41. The zero-order chi connectivity index (χ0) is 18.0. The van der Waals surface area contributed by atoms with E-state index in [0.717, 1.165) is 0 Å². The average molecular weight is 352 g/mol. The zero-order valence-electron chi connectivity index (χ0n) is 13.9. The SMILES string of the molecule is COc1c(C(C)N)cc(Cl)c(F)c1-c1ccnc(C(=O)N(C)C)c1. The van der Waals surface area contributed by atoms with E-state index >= 15 is 0 Å². The van der Waals surface area contributed by atoms with Gasteiger partial charge < -0.3 is 15.4 Å². The van der Waals surface area contributed by atoms with Crippen molar-refractivity contribution in [2.45, 2.75) is 13.0 Å². The Morgan fingerprint density at radius 2 is 2.08 bits per heavy atom. The molecule has 0 aliphatic rings. The highest BCUT2D eigenvalue weighted by Crippen LogP contribution is 2.41. The van der Waals surface area contributed by atoms with E-state index in [9.17, 15) is 9.18 Å². The molecule has 1 aromatic heterocycles. The number of carbonyl (C=O) groups is 1. The summed E-state index contributed by atoms with van der Waals surface area (Å²) in [4.78, 5) is 17.5. The molecular formula is C17H19ClFN3O2. The zero-order valence-corrected chi connectivity index (χ0v) is 14.7. The minimum absolute atomic E-state index is 0.0598. The molecular weight excluding hydrogens is 333 g/mol. The first kappa shape index (κ1) is 18.2. The lowest BCUT2D eigenvalue weighted by atomic mass is 9.97. The van der Waals surface area contributed by atoms with Gasteiger partial charge in [-0.1, -0.05) is 11.6 Å². The summed E-state index contributed by atoms with van der Waals surface area (Å²) in [5.74, 6) is -0.626. The Balaban J connectivity index is 2.72. The lowest BCUT2D eigenvalue weighted by Crippen LogP contribution is -2.22. The number of benzene rings is 1. The molecule has 1 aromatic carbocycles. The van der Waals surface area contributed by atoms with Crippen LogP contribution in [-0.2, 0) is 0 Å². The van der Waals surface area contributed by atoms with Gasteiger partial charge in [-0.25, -0.2) is 4.39 Å². The highest BCUT2D eigenvalue weighted by molar-refractivity contribution is 6.31. The lowest BCUT2D eigenvalue weighted by molar-refractivity contribution is 0.0822. The number of amides is 1. The van der Waals surface area contributed by atoms with Crippen molar-refractivity contribution in [1.82, 2.24) is 9.88 Å². The molecule has 2 aromatic rings. The number of pyridine rings is 1. The van der Waals surface area contributed by atoms with Crippen molar-refractivity contribution in [3.05, 3.63) is 46.5 Å². The number of carbonyl (C=O) groups excluding carboxylic acids is 1. The molecule has 0 bridgehead atoms. The maximum Gasteiger partial charge on any atom is 0.271 e. The summed E-state index contributed by atoms with van der Waals surface area (Å²) >= 11 is 6.02. The number of hydrogen-bond donors (Lipinski definition) is 1. The van der Waals surface area contributed by atoms with Gasteiger partial charge in [0.2, 0.25) is 0 Å². The average Bonchev–Trinajstić information content (AvgIpc) is 2.55. The Morgan fingerprint density at radius 1 is 1.42 bits per heavy atom. The Hall–Kier alpha value is -2.18. The fraction of sp³-hybridized carbons (Fsp3) is 0.294. The van der Waals surface area contributed by atoms with Crippen LogP contribution >= 0.6 is 11.6 Å². The molecule has 1 amide bonds. The third-order valence-corrected chi connectivity index (χ3v) is 3.84. The van der Waals surface area contributed by atoms with Gasteiger partial charge in [0, 0.05) is 31.9 Å². The Morgan fingerprint density at radius 3 is 2.62 bits per heavy atom. The topological polar surface area (TPSA) is 68.5 Å². The first-order valence-corrected chi connectivity index (χ1v) is 7.65. The van der Waals surface area contributed by atoms with Crippen LogP contribution in [0.5, 0.6) is 5.75 Å². The molecule has 2 N–H and O–H groups in total. The van der Waals surface area contributed by atoms with Crippen LogP contribution in [0.3, 0.4) is 0 Å². The molecule has 128 valence electrons. The van der Waals surface area contributed by atoms with Gasteiger partial charge in [-0.2, -0.15) is 0 Å². The van der Waals surface area contributed by atoms with Gasteiger partial charge in [-0.3, -0.25) is 9.78 Å². The summed E-state index contributed by atoms with van der Waals surface area (Å²) in [6, 6.07) is 4.15. The third-order valence-electron chi connectivity index (χ3n) is 3.57. The molecule has 0 aliphatic carbocycles. The van der Waals surface area contributed by atoms with Crippen LogP contribution in [0.25, 0.3) is 11.1 Å². The fourth-order valence-corrected chi connectivity index (χ4v) is 2.59. The molecule has 5 nitrogen and oxygen atoms in total. The van der Waals surface area contributed by atoms with Gasteiger partial charge in [-0.05, 0) is 30.7 Å². The first-order valence-electron chi connectivity index (χ1n) is 7.27. The van der Waals surface area contributed by atoms with Crippen molar-refractivity contribution in [2.24, 2.45) is 5.73 Å². The van der Waals surface area contributed by atoms with Crippen LogP contribution in [0.4, 0.5) is 4.39 Å². The number of hydrogen-bond acceptors (Lipinski definition) is 4. The Labute approximate surface area is 145 Å². The van der Waals surface area contributed by atoms with Gasteiger partial charge in [0.05, 0.1) is 17.7 Å². The van der Waals surface area contributed by atoms with E-state index in [-0.39, 0.29) is 22.2 Å². The first-order chi connectivity index (χ1) is 11.3. The van der Waals surface area contributed by atoms with Crippen LogP contribution < -0.4 is 10.5 Å². The summed E-state index contributed by atoms with van der Waals surface area (Å²) in [6.07, 6.45) is 1.44. The van der Waals surface area contributed by atoms with Gasteiger partial charge >= 0.3 is 0 Å². The highest BCUT2D eigenvalue weighted by atomic mass is 35.5. The molecule has 0 aliphatic heterocycles. The highest BCUT2D eigenvalue weighted by Gasteiger charge is 2.22. The molecule has 0 fully saturated rings. The summed E-state index contributed by atoms with van der Waals surface area (Å²) in [5.41, 5.74) is 7.31. The predicted molar refractivity (Wildman–Crippen MR) is 91.8 cm³/mol. The van der Waals surface area contributed by atoms with Gasteiger partial charge in [0.1, 0.15) is 11.4 Å². The maximum atomic E-state index is 14.7. The van der Waals surface area contributed by atoms with Crippen molar-refractivity contribution in [3.8, 4) is 16.9 Å². The smallest absolute Gasteiger partial charge is 0.271 e. The van der Waals surface area contributed by atoms with Crippen molar-refractivity contribution in [2.75, 3.05) is 21.2 Å². The number of aromatic nitrogens is 1. The minimum Gasteiger partial charge on any atom is -0.496 e. The number of ether oxygens (including phenoxy) is 1. The van der Waals surface area contributed by atoms with Crippen LogP contribution in [0.15, 0.2) is 24.4 Å². The molecule has 1 atom stereocenters. The van der Waals surface area contributed by atoms with E-state index < -0.39 is 11.9 Å². The van der Waals surface area contributed by atoms with Crippen LogP contribution in [0.2, 0.25) is 5.02 Å². The molecule has 2 rings (SSSR count). The second-order valence-electron chi connectivity index (χ2n) is 5.59. The molecule has 7 heteroatoms. The normalized spacial score (nSPS) is 12.0. The van der Waals surface area contributed by atoms with E-state index in [1.165, 1.54) is 30.3 Å². The van der Waals surface area contributed by atoms with E-state index in [4.69, 9.17) is 22.1 Å². The summed E-state index contributed by atoms with van der Waals surface area (Å²) in [7, 11) is 4.67. The van der Waals surface area contributed by atoms with E-state index in [1.54, 1.807) is 27.1 Å². The van der Waals surface area contributed by atoms with Crippen molar-refractivity contribution >= 4 is 17.5 Å². The second-order valence-corrected chi connectivity index (χ2v) is 6.00. The minimum atomic E-state index is -0.632. The fourth-order valence-electron chi connectivity index (χ4n) is 2.38. The van der Waals surface area contributed by atoms with Gasteiger partial charge in [-0.15, -0.1) is 0 Å². The number of rotatable bonds is 4. The number of nitrogens with two attached hydrogens (primary N) is 1. The summed E-state index contributed by atoms with van der Waals surface area (Å²) in [5, 5.41) is -0.0598. The van der Waals surface area contributed by atoms with Crippen LogP contribution in [0, 0.1) is 5.82 Å². The third kappa shape index (κ3) is 3.34. The lowest BCUT2D eigenvalue weighted by Gasteiger charge is -2.18. The van der Waals surface area contributed by atoms with E-state index in [1.807, 2.05) is 0 Å². The second kappa shape index (κ2) is 7.15. The number of methoxy groups -OCH3 is 1. The monoisotopic (exact) mass is 351 g/mol. The van der Waals surface area contributed by atoms with Crippen molar-refractivity contribution in [3.63, 3.8) is 0 Å². The van der Waals surface area contributed by atoms with Gasteiger partial charge in [0.25, 0.3) is 5.91 Å². The van der Waals surface area contributed by atoms with Crippen molar-refractivity contribution < 1.29 is 13.9 Å².